The van der Waals surface area contributed by atoms with E-state index in [1.54, 1.807) is 22.5 Å². The molecule has 5 nitrogen and oxygen atoms in total. The van der Waals surface area contributed by atoms with Gasteiger partial charge in [0.1, 0.15) is 5.38 Å². The van der Waals surface area contributed by atoms with Crippen molar-refractivity contribution < 1.29 is 4.79 Å². The highest BCUT2D eigenvalue weighted by molar-refractivity contribution is 9.10. The van der Waals surface area contributed by atoms with Crippen LogP contribution in [0.3, 0.4) is 0 Å². The van der Waals surface area contributed by atoms with Crippen molar-refractivity contribution in [3.05, 3.63) is 45.9 Å². The predicted octanol–water partition coefficient (Wildman–Crippen LogP) is 3.01. The normalized spacial score (nSPS) is 20.8. The highest BCUT2D eigenvalue weighted by Crippen LogP contribution is 2.37. The van der Waals surface area contributed by atoms with E-state index >= 15 is 0 Å². The van der Waals surface area contributed by atoms with Gasteiger partial charge in [0.15, 0.2) is 5.13 Å². The van der Waals surface area contributed by atoms with Gasteiger partial charge in [-0.2, -0.15) is 0 Å². The van der Waals surface area contributed by atoms with Crippen molar-refractivity contribution in [2.24, 2.45) is 0 Å². The van der Waals surface area contributed by atoms with Crippen molar-refractivity contribution in [2.45, 2.75) is 11.4 Å². The highest BCUT2D eigenvalue weighted by atomic mass is 79.9. The first kappa shape index (κ1) is 15.7. The van der Waals surface area contributed by atoms with E-state index < -0.39 is 5.38 Å². The Balaban J connectivity index is 1.56. The molecule has 2 atom stereocenters. The minimum atomic E-state index is -0.520. The molecule has 0 spiro atoms. The molecule has 22 heavy (non-hydrogen) atoms. The number of thiazole rings is 1. The Morgan fingerprint density at radius 1 is 1.41 bits per heavy atom. The number of β-lactam (4-membered cyclic amide) rings is 1. The van der Waals surface area contributed by atoms with Crippen LogP contribution in [0.1, 0.15) is 11.6 Å². The van der Waals surface area contributed by atoms with Crippen LogP contribution in [0.4, 0.5) is 5.13 Å². The third-order valence-corrected chi connectivity index (χ3v) is 4.98. The SMILES string of the molecule is O=C1C(Cl)C(c2cccc(Br)c2)N1NCCNc1nccs1. The monoisotopic (exact) mass is 400 g/mol. The van der Waals surface area contributed by atoms with Crippen LogP contribution in [-0.4, -0.2) is 34.4 Å². The summed E-state index contributed by atoms with van der Waals surface area (Å²) in [5.41, 5.74) is 4.14. The Morgan fingerprint density at radius 2 is 2.27 bits per heavy atom. The quantitative estimate of drug-likeness (QED) is 0.444. The maximum absolute atomic E-state index is 11.9. The van der Waals surface area contributed by atoms with Crippen molar-refractivity contribution in [3.63, 3.8) is 0 Å². The average molecular weight is 402 g/mol. The van der Waals surface area contributed by atoms with Gasteiger partial charge in [0.25, 0.3) is 5.91 Å². The Hall–Kier alpha value is -1.15. The van der Waals surface area contributed by atoms with Gasteiger partial charge in [-0.05, 0) is 17.7 Å². The number of anilines is 1. The molecule has 2 heterocycles. The van der Waals surface area contributed by atoms with Gasteiger partial charge in [-0.25, -0.2) is 10.4 Å². The van der Waals surface area contributed by atoms with Crippen LogP contribution in [0.15, 0.2) is 40.3 Å². The first-order chi connectivity index (χ1) is 10.7. The third kappa shape index (κ3) is 3.27. The highest BCUT2D eigenvalue weighted by Gasteiger charge is 2.47. The molecule has 2 N–H and O–H groups in total. The fraction of sp³-hybridized carbons (Fsp3) is 0.286. The zero-order valence-electron chi connectivity index (χ0n) is 11.5. The van der Waals surface area contributed by atoms with Gasteiger partial charge in [0.05, 0.1) is 6.04 Å². The minimum absolute atomic E-state index is 0.0964. The van der Waals surface area contributed by atoms with Crippen LogP contribution in [-0.2, 0) is 4.79 Å². The van der Waals surface area contributed by atoms with Crippen LogP contribution >= 0.6 is 38.9 Å². The van der Waals surface area contributed by atoms with E-state index in [9.17, 15) is 4.79 Å². The molecule has 1 amide bonds. The smallest absolute Gasteiger partial charge is 0.257 e. The molecule has 0 bridgehead atoms. The van der Waals surface area contributed by atoms with E-state index in [1.807, 2.05) is 29.6 Å². The van der Waals surface area contributed by atoms with E-state index in [0.717, 1.165) is 15.2 Å². The largest absolute Gasteiger partial charge is 0.360 e. The molecular formula is C14H14BrClN4OS. The fourth-order valence-electron chi connectivity index (χ4n) is 2.30. The van der Waals surface area contributed by atoms with Gasteiger partial charge in [0, 0.05) is 29.1 Å². The molecule has 1 aromatic carbocycles. The van der Waals surface area contributed by atoms with E-state index in [4.69, 9.17) is 11.6 Å². The zero-order valence-corrected chi connectivity index (χ0v) is 14.7. The van der Waals surface area contributed by atoms with Crippen LogP contribution < -0.4 is 10.7 Å². The molecule has 1 aliphatic rings. The molecule has 1 aromatic heterocycles. The molecule has 116 valence electrons. The Kier molecular flexibility index (Phi) is 4.97. The standard InChI is InChI=1S/C14H14BrClN4OS/c15-10-3-1-2-9(8-10)12-11(16)13(21)20(12)19-5-4-17-14-18-6-7-22-14/h1-3,6-8,11-12,19H,4-5H2,(H,17,18). The summed E-state index contributed by atoms with van der Waals surface area (Å²) in [6.07, 6.45) is 1.75. The molecule has 1 aliphatic heterocycles. The number of benzene rings is 1. The molecule has 2 unspecified atom stereocenters. The molecule has 2 aromatic rings. The lowest BCUT2D eigenvalue weighted by molar-refractivity contribution is -0.151. The summed E-state index contributed by atoms with van der Waals surface area (Å²) < 4.78 is 0.971. The van der Waals surface area contributed by atoms with Gasteiger partial charge < -0.3 is 5.32 Å². The Morgan fingerprint density at radius 3 is 3.00 bits per heavy atom. The molecule has 0 aliphatic carbocycles. The summed E-state index contributed by atoms with van der Waals surface area (Å²) >= 11 is 11.2. The summed E-state index contributed by atoms with van der Waals surface area (Å²) in [7, 11) is 0. The van der Waals surface area contributed by atoms with Crippen molar-refractivity contribution in [1.29, 1.82) is 0 Å². The number of hydrazine groups is 1. The van der Waals surface area contributed by atoms with E-state index in [0.29, 0.717) is 13.1 Å². The molecule has 1 saturated heterocycles. The van der Waals surface area contributed by atoms with Crippen molar-refractivity contribution >= 4 is 49.9 Å². The van der Waals surface area contributed by atoms with E-state index in [2.05, 4.69) is 31.7 Å². The van der Waals surface area contributed by atoms with Crippen LogP contribution in [0.2, 0.25) is 0 Å². The molecule has 1 fully saturated rings. The van der Waals surface area contributed by atoms with Crippen LogP contribution in [0.5, 0.6) is 0 Å². The fourth-order valence-corrected chi connectivity index (χ4v) is 3.63. The predicted molar refractivity (Wildman–Crippen MR) is 92.0 cm³/mol. The van der Waals surface area contributed by atoms with Crippen molar-refractivity contribution in [2.75, 3.05) is 18.4 Å². The summed E-state index contributed by atoms with van der Waals surface area (Å²) in [5, 5.41) is 7.05. The van der Waals surface area contributed by atoms with Crippen molar-refractivity contribution in [3.8, 4) is 0 Å². The number of nitrogens with one attached hydrogen (secondary N) is 2. The van der Waals surface area contributed by atoms with Gasteiger partial charge in [-0.1, -0.05) is 28.1 Å². The second-order valence-corrected chi connectivity index (χ2v) is 7.06. The maximum atomic E-state index is 11.9. The maximum Gasteiger partial charge on any atom is 0.257 e. The number of carbonyl (C=O) groups excluding carboxylic acids is 1. The van der Waals surface area contributed by atoms with Gasteiger partial charge >= 0.3 is 0 Å². The summed E-state index contributed by atoms with van der Waals surface area (Å²) in [4.78, 5) is 16.1. The number of hydrogen-bond donors (Lipinski definition) is 2. The topological polar surface area (TPSA) is 57.3 Å². The van der Waals surface area contributed by atoms with Crippen LogP contribution in [0, 0.1) is 0 Å². The lowest BCUT2D eigenvalue weighted by Gasteiger charge is -2.44. The average Bonchev–Trinajstić information content (AvgIpc) is 3.02. The summed E-state index contributed by atoms with van der Waals surface area (Å²) in [5.74, 6) is -0.0964. The first-order valence-electron chi connectivity index (χ1n) is 6.76. The van der Waals surface area contributed by atoms with Gasteiger partial charge in [0.2, 0.25) is 0 Å². The number of alkyl halides is 1. The third-order valence-electron chi connectivity index (χ3n) is 3.33. The summed E-state index contributed by atoms with van der Waals surface area (Å²) in [6, 6.07) is 7.69. The number of nitrogens with zero attached hydrogens (tertiary/aromatic N) is 2. The lowest BCUT2D eigenvalue weighted by atomic mass is 9.95. The number of hydrogen-bond acceptors (Lipinski definition) is 5. The lowest BCUT2D eigenvalue weighted by Crippen LogP contribution is -2.62. The second-order valence-electron chi connectivity index (χ2n) is 4.78. The summed E-state index contributed by atoms with van der Waals surface area (Å²) in [6.45, 7) is 1.29. The number of amides is 1. The molecule has 0 saturated carbocycles. The Bertz CT molecular complexity index is 654. The van der Waals surface area contributed by atoms with E-state index in [1.165, 1.54) is 0 Å². The molecule has 8 heteroatoms. The minimum Gasteiger partial charge on any atom is -0.360 e. The first-order valence-corrected chi connectivity index (χ1v) is 8.87. The Labute approximate surface area is 145 Å². The van der Waals surface area contributed by atoms with Crippen LogP contribution in [0.25, 0.3) is 0 Å². The second kappa shape index (κ2) is 6.95. The van der Waals surface area contributed by atoms with Gasteiger partial charge in [-0.3, -0.25) is 9.80 Å². The number of carbonyl (C=O) groups is 1. The number of aromatic nitrogens is 1. The zero-order chi connectivity index (χ0) is 15.5. The van der Waals surface area contributed by atoms with Gasteiger partial charge in [-0.15, -0.1) is 22.9 Å². The van der Waals surface area contributed by atoms with E-state index in [-0.39, 0.29) is 11.9 Å². The van der Waals surface area contributed by atoms with Crippen molar-refractivity contribution in [1.82, 2.24) is 15.4 Å². The molecular weight excluding hydrogens is 388 g/mol. The molecule has 3 rings (SSSR count). The number of rotatable bonds is 6. The number of halogens is 2. The molecule has 0 radical (unpaired) electrons.